The number of rotatable bonds is 6. The van der Waals surface area contributed by atoms with E-state index in [-0.39, 0.29) is 5.91 Å². The van der Waals surface area contributed by atoms with E-state index in [0.717, 1.165) is 29.5 Å². The predicted octanol–water partition coefficient (Wildman–Crippen LogP) is 4.43. The first-order chi connectivity index (χ1) is 13.0. The Kier molecular flexibility index (Phi) is 5.86. The van der Waals surface area contributed by atoms with Crippen LogP contribution in [-0.2, 0) is 11.2 Å². The summed E-state index contributed by atoms with van der Waals surface area (Å²) in [5.74, 6) is -1.33. The van der Waals surface area contributed by atoms with Crippen LogP contribution < -0.4 is 4.80 Å². The highest BCUT2D eigenvalue weighted by atomic mass is 32.1. The number of carbonyl (C=O) groups is 2. The van der Waals surface area contributed by atoms with Crippen molar-refractivity contribution < 1.29 is 14.7 Å². The number of unbranched alkanes of at least 4 members (excludes halogenated alkanes) is 1. The van der Waals surface area contributed by atoms with Gasteiger partial charge in [-0.2, -0.15) is 4.99 Å². The highest BCUT2D eigenvalue weighted by molar-refractivity contribution is 7.16. The van der Waals surface area contributed by atoms with Crippen LogP contribution in [0.4, 0.5) is 0 Å². The van der Waals surface area contributed by atoms with Gasteiger partial charge in [0.1, 0.15) is 6.04 Å². The van der Waals surface area contributed by atoms with Crippen LogP contribution in [0, 0.1) is 0 Å². The topological polar surface area (TPSA) is 71.7 Å². The molecule has 0 saturated carbocycles. The van der Waals surface area contributed by atoms with Crippen LogP contribution in [0.5, 0.6) is 0 Å². The van der Waals surface area contributed by atoms with Gasteiger partial charge in [0.15, 0.2) is 4.80 Å². The number of thiazole rings is 1. The number of aliphatic carboxylic acids is 1. The predicted molar refractivity (Wildman–Crippen MR) is 107 cm³/mol. The molecule has 3 aromatic rings. The molecule has 3 rings (SSSR count). The van der Waals surface area contributed by atoms with Gasteiger partial charge in [-0.15, -0.1) is 0 Å². The number of nitrogens with zero attached hydrogens (tertiary/aromatic N) is 2. The van der Waals surface area contributed by atoms with Crippen molar-refractivity contribution in [1.82, 2.24) is 4.57 Å². The molecule has 0 bridgehead atoms. The number of para-hydroxylation sites is 1. The third-order valence-corrected chi connectivity index (χ3v) is 5.53. The molecule has 0 radical (unpaired) electrons. The monoisotopic (exact) mass is 382 g/mol. The summed E-state index contributed by atoms with van der Waals surface area (Å²) in [4.78, 5) is 28.8. The fourth-order valence-corrected chi connectivity index (χ4v) is 4.00. The van der Waals surface area contributed by atoms with Gasteiger partial charge in [-0.3, -0.25) is 4.79 Å². The van der Waals surface area contributed by atoms with Crippen molar-refractivity contribution in [2.24, 2.45) is 4.99 Å². The summed E-state index contributed by atoms with van der Waals surface area (Å²) in [5.41, 5.74) is 2.46. The second kappa shape index (κ2) is 8.31. The van der Waals surface area contributed by atoms with Gasteiger partial charge in [-0.25, -0.2) is 4.79 Å². The van der Waals surface area contributed by atoms with Gasteiger partial charge < -0.3 is 9.67 Å². The van der Waals surface area contributed by atoms with Gasteiger partial charge in [0.2, 0.25) is 0 Å². The molecule has 1 amide bonds. The van der Waals surface area contributed by atoms with E-state index in [1.165, 1.54) is 16.9 Å². The summed E-state index contributed by atoms with van der Waals surface area (Å²) < 4.78 is 2.50. The molecule has 140 valence electrons. The number of hydrogen-bond donors (Lipinski definition) is 1. The highest BCUT2D eigenvalue weighted by Crippen LogP contribution is 2.21. The minimum Gasteiger partial charge on any atom is -0.480 e. The molecule has 0 aliphatic carbocycles. The number of aromatic nitrogens is 1. The normalized spacial score (nSPS) is 13.0. The number of hydrogen-bond acceptors (Lipinski definition) is 3. The Balaban J connectivity index is 2.01. The van der Waals surface area contributed by atoms with E-state index in [2.05, 4.69) is 11.9 Å². The van der Waals surface area contributed by atoms with Gasteiger partial charge in [0, 0.05) is 5.56 Å². The molecule has 1 unspecified atom stereocenters. The second-order valence-electron chi connectivity index (χ2n) is 6.45. The molecule has 2 aromatic carbocycles. The van der Waals surface area contributed by atoms with Crippen LogP contribution in [0.15, 0.2) is 53.5 Å². The SMILES string of the molecule is CCCCc1ccc(C(=O)N=c2sc3ccccc3n2C(C)C(=O)O)cc1. The molecule has 0 spiro atoms. The summed E-state index contributed by atoms with van der Waals surface area (Å²) in [6.45, 7) is 3.74. The van der Waals surface area contributed by atoms with Crippen molar-refractivity contribution in [1.29, 1.82) is 0 Å². The summed E-state index contributed by atoms with van der Waals surface area (Å²) in [7, 11) is 0. The number of carboxylic acid groups (broad SMARTS) is 1. The van der Waals surface area contributed by atoms with Gasteiger partial charge in [-0.1, -0.05) is 48.9 Å². The minimum absolute atomic E-state index is 0.366. The number of amides is 1. The van der Waals surface area contributed by atoms with Crippen molar-refractivity contribution >= 4 is 33.4 Å². The van der Waals surface area contributed by atoms with Crippen molar-refractivity contribution in [2.75, 3.05) is 0 Å². The molecule has 0 fully saturated rings. The van der Waals surface area contributed by atoms with Gasteiger partial charge in [0.25, 0.3) is 5.91 Å². The molecule has 5 nitrogen and oxygen atoms in total. The summed E-state index contributed by atoms with van der Waals surface area (Å²) in [6.07, 6.45) is 3.24. The molecule has 0 aliphatic rings. The lowest BCUT2D eigenvalue weighted by molar-refractivity contribution is -0.140. The second-order valence-corrected chi connectivity index (χ2v) is 7.46. The molecule has 0 aliphatic heterocycles. The smallest absolute Gasteiger partial charge is 0.326 e. The first-order valence-electron chi connectivity index (χ1n) is 9.02. The molecule has 6 heteroatoms. The van der Waals surface area contributed by atoms with Crippen LogP contribution in [-0.4, -0.2) is 21.6 Å². The van der Waals surface area contributed by atoms with E-state index >= 15 is 0 Å². The lowest BCUT2D eigenvalue weighted by Gasteiger charge is -2.09. The summed E-state index contributed by atoms with van der Waals surface area (Å²) >= 11 is 1.32. The van der Waals surface area contributed by atoms with Crippen LogP contribution in [0.3, 0.4) is 0 Å². The van der Waals surface area contributed by atoms with E-state index in [9.17, 15) is 14.7 Å². The zero-order chi connectivity index (χ0) is 19.4. The Morgan fingerprint density at radius 2 is 1.85 bits per heavy atom. The Morgan fingerprint density at radius 1 is 1.15 bits per heavy atom. The largest absolute Gasteiger partial charge is 0.480 e. The zero-order valence-corrected chi connectivity index (χ0v) is 16.2. The summed E-state index contributed by atoms with van der Waals surface area (Å²) in [6, 6.07) is 14.1. The molecule has 27 heavy (non-hydrogen) atoms. The lowest BCUT2D eigenvalue weighted by Crippen LogP contribution is -2.25. The maximum absolute atomic E-state index is 12.6. The molecule has 1 heterocycles. The van der Waals surface area contributed by atoms with E-state index in [1.807, 2.05) is 36.4 Å². The maximum atomic E-state index is 12.6. The third-order valence-electron chi connectivity index (χ3n) is 4.49. The first kappa shape index (κ1) is 19.0. The number of aryl methyl sites for hydroxylation is 1. The van der Waals surface area contributed by atoms with Crippen molar-refractivity contribution in [2.45, 2.75) is 39.2 Å². The Bertz CT molecular complexity index is 1030. The minimum atomic E-state index is -0.965. The number of benzene rings is 2. The molecular formula is C21H22N2O3S. The van der Waals surface area contributed by atoms with E-state index in [1.54, 1.807) is 23.6 Å². The molecule has 1 aromatic heterocycles. The lowest BCUT2D eigenvalue weighted by atomic mass is 10.1. The number of carbonyl (C=O) groups excluding carboxylic acids is 1. The average molecular weight is 382 g/mol. The number of carboxylic acids is 1. The third kappa shape index (κ3) is 4.17. The van der Waals surface area contributed by atoms with Crippen molar-refractivity contribution in [3.63, 3.8) is 0 Å². The fraction of sp³-hybridized carbons (Fsp3) is 0.286. The first-order valence-corrected chi connectivity index (χ1v) is 9.83. The van der Waals surface area contributed by atoms with Crippen LogP contribution in [0.25, 0.3) is 10.2 Å². The van der Waals surface area contributed by atoms with Crippen molar-refractivity contribution in [3.05, 3.63) is 64.5 Å². The molecule has 0 saturated heterocycles. The Hall–Kier alpha value is -2.73. The maximum Gasteiger partial charge on any atom is 0.326 e. The highest BCUT2D eigenvalue weighted by Gasteiger charge is 2.19. The Labute approximate surface area is 161 Å². The fourth-order valence-electron chi connectivity index (χ4n) is 2.90. The van der Waals surface area contributed by atoms with Gasteiger partial charge in [0.05, 0.1) is 10.2 Å². The Morgan fingerprint density at radius 3 is 2.52 bits per heavy atom. The van der Waals surface area contributed by atoms with E-state index < -0.39 is 12.0 Å². The van der Waals surface area contributed by atoms with E-state index in [0.29, 0.717) is 10.4 Å². The standard InChI is InChI=1S/C21H22N2O3S/c1-3-4-7-15-10-12-16(13-11-15)19(24)22-21-23(14(2)20(25)26)17-8-5-6-9-18(17)27-21/h5-6,8-14H,3-4,7H2,1-2H3,(H,25,26). The molecule has 1 atom stereocenters. The average Bonchev–Trinajstić information content (AvgIpc) is 3.03. The molecular weight excluding hydrogens is 360 g/mol. The number of fused-ring (bicyclic) bond motifs is 1. The van der Waals surface area contributed by atoms with Crippen molar-refractivity contribution in [3.8, 4) is 0 Å². The van der Waals surface area contributed by atoms with E-state index in [4.69, 9.17) is 0 Å². The van der Waals surface area contributed by atoms with Gasteiger partial charge >= 0.3 is 5.97 Å². The molecule has 1 N–H and O–H groups in total. The van der Waals surface area contributed by atoms with Crippen LogP contribution in [0.2, 0.25) is 0 Å². The zero-order valence-electron chi connectivity index (χ0n) is 15.4. The summed E-state index contributed by atoms with van der Waals surface area (Å²) in [5, 5.41) is 9.45. The quantitative estimate of drug-likeness (QED) is 0.685. The van der Waals surface area contributed by atoms with Crippen LogP contribution in [0.1, 0.15) is 48.7 Å². The van der Waals surface area contributed by atoms with Gasteiger partial charge in [-0.05, 0) is 49.6 Å². The van der Waals surface area contributed by atoms with Crippen LogP contribution >= 0.6 is 11.3 Å².